The molecule has 0 radical (unpaired) electrons. The van der Waals surface area contributed by atoms with Crippen molar-refractivity contribution >= 4 is 28.0 Å². The third-order valence-electron chi connectivity index (χ3n) is 5.16. The first-order valence-corrected chi connectivity index (χ1v) is 11.3. The third-order valence-corrected chi connectivity index (χ3v) is 5.72. The Hall–Kier alpha value is -3.07. The molecule has 3 rings (SSSR count). The molecule has 1 atom stereocenters. The Bertz CT molecular complexity index is 1010. The average Bonchev–Trinajstić information content (AvgIpc) is 2.86. The van der Waals surface area contributed by atoms with Gasteiger partial charge >= 0.3 is 0 Å². The van der Waals surface area contributed by atoms with Gasteiger partial charge < -0.3 is 38.0 Å². The van der Waals surface area contributed by atoms with E-state index in [-0.39, 0.29) is 0 Å². The van der Waals surface area contributed by atoms with Gasteiger partial charge in [0, 0.05) is 23.0 Å². The molecule has 1 unspecified atom stereocenters. The molecule has 1 aliphatic heterocycles. The summed E-state index contributed by atoms with van der Waals surface area (Å²) in [5.74, 6) is 2.74. The number of ether oxygens (including phenoxy) is 7. The van der Waals surface area contributed by atoms with E-state index >= 15 is 0 Å². The van der Waals surface area contributed by atoms with Crippen molar-refractivity contribution in [2.45, 2.75) is 12.3 Å². The van der Waals surface area contributed by atoms with Gasteiger partial charge in [-0.1, -0.05) is 15.9 Å². The maximum Gasteiger partial charge on any atom is 0.203 e. The van der Waals surface area contributed by atoms with E-state index in [0.717, 1.165) is 18.0 Å². The molecule has 0 aliphatic carbocycles. The number of carbonyl (C=O) groups is 1. The monoisotopic (exact) mass is 522 g/mol. The molecule has 2 aromatic carbocycles. The molecule has 1 aliphatic rings. The van der Waals surface area contributed by atoms with E-state index in [0.29, 0.717) is 63.7 Å². The number of aldehydes is 1. The standard InChI is InChI=1S/C24H27BrO8/c1-27-15-11-17(28-2)21-16(13-26)23(32-8-6-7-25)22(33-18(21)12-15)14-9-19(29-3)24(31-5)20(10-14)30-4/h9-13,16H,6-8H2,1-5H3. The normalized spacial score (nSPS) is 14.7. The molecular formula is C24H27BrO8. The molecule has 33 heavy (non-hydrogen) atoms. The fraction of sp³-hybridized carbons (Fsp3) is 0.375. The number of alkyl halides is 1. The second kappa shape index (κ2) is 11.2. The van der Waals surface area contributed by atoms with Gasteiger partial charge in [0.15, 0.2) is 23.0 Å². The first-order valence-electron chi connectivity index (χ1n) is 10.2. The zero-order valence-corrected chi connectivity index (χ0v) is 20.8. The lowest BCUT2D eigenvalue weighted by molar-refractivity contribution is -0.109. The molecule has 0 aromatic heterocycles. The number of halogens is 1. The highest BCUT2D eigenvalue weighted by Crippen LogP contribution is 2.49. The minimum atomic E-state index is -0.751. The highest BCUT2D eigenvalue weighted by Gasteiger charge is 2.36. The van der Waals surface area contributed by atoms with Gasteiger partial charge in [0.1, 0.15) is 29.5 Å². The summed E-state index contributed by atoms with van der Waals surface area (Å²) in [7, 11) is 7.67. The summed E-state index contributed by atoms with van der Waals surface area (Å²) in [6.07, 6.45) is 1.56. The number of allylic oxidation sites excluding steroid dienone is 1. The molecule has 8 nitrogen and oxygen atoms in total. The van der Waals surface area contributed by atoms with Crippen LogP contribution in [0, 0.1) is 0 Å². The molecule has 0 saturated carbocycles. The van der Waals surface area contributed by atoms with Gasteiger partial charge in [0.25, 0.3) is 0 Å². The Morgan fingerprint density at radius 3 is 2.09 bits per heavy atom. The van der Waals surface area contributed by atoms with Gasteiger partial charge in [-0.2, -0.15) is 0 Å². The fourth-order valence-corrected chi connectivity index (χ4v) is 3.85. The topological polar surface area (TPSA) is 81.7 Å². The molecule has 0 spiro atoms. The van der Waals surface area contributed by atoms with Crippen LogP contribution in [-0.2, 0) is 9.53 Å². The van der Waals surface area contributed by atoms with E-state index in [1.807, 2.05) is 0 Å². The lowest BCUT2D eigenvalue weighted by Gasteiger charge is -2.29. The van der Waals surface area contributed by atoms with E-state index in [1.54, 1.807) is 31.4 Å². The quantitative estimate of drug-likeness (QED) is 0.241. The number of fused-ring (bicyclic) bond motifs is 1. The largest absolute Gasteiger partial charge is 0.496 e. The van der Waals surface area contributed by atoms with E-state index in [9.17, 15) is 4.79 Å². The molecule has 0 amide bonds. The van der Waals surface area contributed by atoms with Crippen molar-refractivity contribution in [3.63, 3.8) is 0 Å². The van der Waals surface area contributed by atoms with Crippen molar-refractivity contribution in [1.29, 1.82) is 0 Å². The predicted molar refractivity (Wildman–Crippen MR) is 126 cm³/mol. The molecule has 2 aromatic rings. The van der Waals surface area contributed by atoms with Crippen LogP contribution < -0.4 is 28.4 Å². The van der Waals surface area contributed by atoms with Crippen LogP contribution in [0.4, 0.5) is 0 Å². The maximum absolute atomic E-state index is 12.4. The Morgan fingerprint density at radius 1 is 0.909 bits per heavy atom. The summed E-state index contributed by atoms with van der Waals surface area (Å²) in [5.41, 5.74) is 1.16. The van der Waals surface area contributed by atoms with Gasteiger partial charge in [-0.15, -0.1) is 0 Å². The predicted octanol–water partition coefficient (Wildman–Crippen LogP) is 4.57. The van der Waals surface area contributed by atoms with Crippen LogP contribution >= 0.6 is 15.9 Å². The number of carbonyl (C=O) groups excluding carboxylic acids is 1. The molecule has 0 saturated heterocycles. The summed E-state index contributed by atoms with van der Waals surface area (Å²) in [6, 6.07) is 6.91. The Balaban J connectivity index is 2.26. The molecular weight excluding hydrogens is 496 g/mol. The zero-order chi connectivity index (χ0) is 24.0. The summed E-state index contributed by atoms with van der Waals surface area (Å²) < 4.78 is 39.8. The van der Waals surface area contributed by atoms with Crippen molar-refractivity contribution < 1.29 is 38.0 Å². The Kier molecular flexibility index (Phi) is 8.32. The van der Waals surface area contributed by atoms with E-state index < -0.39 is 5.92 Å². The summed E-state index contributed by atoms with van der Waals surface area (Å²) in [4.78, 5) is 12.4. The lowest BCUT2D eigenvalue weighted by Crippen LogP contribution is -2.20. The molecule has 0 bridgehead atoms. The van der Waals surface area contributed by atoms with Crippen LogP contribution in [-0.4, -0.2) is 53.8 Å². The SMILES string of the molecule is COc1cc(OC)c2c(c1)OC(c1cc(OC)c(OC)c(OC)c1)=C(OCCCBr)C2C=O. The lowest BCUT2D eigenvalue weighted by atomic mass is 9.91. The summed E-state index contributed by atoms with van der Waals surface area (Å²) >= 11 is 3.41. The second-order valence-corrected chi connectivity index (χ2v) is 7.75. The minimum absolute atomic E-state index is 0.365. The molecule has 0 N–H and O–H groups in total. The molecule has 9 heteroatoms. The van der Waals surface area contributed by atoms with Gasteiger partial charge in [0.05, 0.1) is 47.7 Å². The van der Waals surface area contributed by atoms with Crippen LogP contribution in [0.15, 0.2) is 30.0 Å². The van der Waals surface area contributed by atoms with E-state index in [2.05, 4.69) is 15.9 Å². The van der Waals surface area contributed by atoms with Crippen LogP contribution in [0.25, 0.3) is 5.76 Å². The number of methoxy groups -OCH3 is 5. The van der Waals surface area contributed by atoms with Crippen LogP contribution in [0.2, 0.25) is 0 Å². The molecule has 1 heterocycles. The number of hydrogen-bond acceptors (Lipinski definition) is 8. The minimum Gasteiger partial charge on any atom is -0.496 e. The first-order chi connectivity index (χ1) is 16.1. The van der Waals surface area contributed by atoms with Crippen molar-refractivity contribution in [2.75, 3.05) is 47.5 Å². The first kappa shape index (κ1) is 24.6. The number of hydrogen-bond donors (Lipinski definition) is 0. The maximum atomic E-state index is 12.4. The highest BCUT2D eigenvalue weighted by molar-refractivity contribution is 9.09. The zero-order valence-electron chi connectivity index (χ0n) is 19.2. The van der Waals surface area contributed by atoms with Crippen LogP contribution in [0.1, 0.15) is 23.5 Å². The molecule has 0 fully saturated rings. The Labute approximate surface area is 201 Å². The van der Waals surface area contributed by atoms with Crippen molar-refractivity contribution in [3.8, 4) is 34.5 Å². The van der Waals surface area contributed by atoms with Crippen molar-refractivity contribution in [3.05, 3.63) is 41.2 Å². The highest BCUT2D eigenvalue weighted by atomic mass is 79.9. The van der Waals surface area contributed by atoms with Crippen molar-refractivity contribution in [1.82, 2.24) is 0 Å². The summed E-state index contributed by atoms with van der Waals surface area (Å²) in [5, 5.41) is 0.753. The van der Waals surface area contributed by atoms with E-state index in [1.165, 1.54) is 28.4 Å². The number of rotatable bonds is 11. The second-order valence-electron chi connectivity index (χ2n) is 6.96. The average molecular weight is 523 g/mol. The van der Waals surface area contributed by atoms with Gasteiger partial charge in [-0.3, -0.25) is 0 Å². The van der Waals surface area contributed by atoms with Gasteiger partial charge in [0.2, 0.25) is 5.75 Å². The van der Waals surface area contributed by atoms with E-state index in [4.69, 9.17) is 33.2 Å². The Morgan fingerprint density at radius 2 is 1.58 bits per heavy atom. The fourth-order valence-electron chi connectivity index (χ4n) is 3.62. The third kappa shape index (κ3) is 4.83. The van der Waals surface area contributed by atoms with Crippen molar-refractivity contribution in [2.24, 2.45) is 0 Å². The smallest absolute Gasteiger partial charge is 0.203 e. The number of benzene rings is 2. The van der Waals surface area contributed by atoms with Gasteiger partial charge in [-0.25, -0.2) is 0 Å². The van der Waals surface area contributed by atoms with Crippen LogP contribution in [0.3, 0.4) is 0 Å². The summed E-state index contributed by atoms with van der Waals surface area (Å²) in [6.45, 7) is 0.385. The molecule has 178 valence electrons. The van der Waals surface area contributed by atoms with Crippen LogP contribution in [0.5, 0.6) is 34.5 Å². The van der Waals surface area contributed by atoms with Gasteiger partial charge in [-0.05, 0) is 18.6 Å².